The second-order valence-electron chi connectivity index (χ2n) is 4.00. The Balaban J connectivity index is 1.98. The van der Waals surface area contributed by atoms with Gasteiger partial charge in [0, 0.05) is 10.6 Å². The highest BCUT2D eigenvalue weighted by Crippen LogP contribution is 2.24. The van der Waals surface area contributed by atoms with Crippen molar-refractivity contribution in [1.82, 2.24) is 0 Å². The SMILES string of the molecule is O=C(O)[C@H](O)CCSc1ccc2ccccc2c1. The highest BCUT2D eigenvalue weighted by molar-refractivity contribution is 7.99. The monoisotopic (exact) mass is 262 g/mol. The number of carboxylic acids is 1. The molecule has 0 spiro atoms. The molecule has 3 nitrogen and oxygen atoms in total. The van der Waals surface area contributed by atoms with Crippen LogP contribution in [0.4, 0.5) is 0 Å². The lowest BCUT2D eigenvalue weighted by atomic mass is 10.1. The molecule has 1 atom stereocenters. The highest BCUT2D eigenvalue weighted by Gasteiger charge is 2.12. The van der Waals surface area contributed by atoms with Crippen LogP contribution < -0.4 is 0 Å². The average molecular weight is 262 g/mol. The smallest absolute Gasteiger partial charge is 0.332 e. The molecule has 0 aromatic heterocycles. The first-order valence-electron chi connectivity index (χ1n) is 5.69. The van der Waals surface area contributed by atoms with E-state index in [2.05, 4.69) is 12.1 Å². The van der Waals surface area contributed by atoms with Crippen LogP contribution >= 0.6 is 11.8 Å². The van der Waals surface area contributed by atoms with Gasteiger partial charge in [-0.3, -0.25) is 0 Å². The summed E-state index contributed by atoms with van der Waals surface area (Å²) in [6.45, 7) is 0. The Kier molecular flexibility index (Phi) is 4.23. The fraction of sp³-hybridized carbons (Fsp3) is 0.214. The van der Waals surface area contributed by atoms with E-state index < -0.39 is 12.1 Å². The number of aliphatic hydroxyl groups is 1. The van der Waals surface area contributed by atoms with Crippen LogP contribution in [0, 0.1) is 0 Å². The van der Waals surface area contributed by atoms with Crippen molar-refractivity contribution in [3.8, 4) is 0 Å². The van der Waals surface area contributed by atoms with Crippen molar-refractivity contribution in [2.24, 2.45) is 0 Å². The van der Waals surface area contributed by atoms with Crippen LogP contribution in [-0.4, -0.2) is 28.0 Å². The van der Waals surface area contributed by atoms with Gasteiger partial charge in [-0.15, -0.1) is 11.8 Å². The number of fused-ring (bicyclic) bond motifs is 1. The molecule has 94 valence electrons. The summed E-state index contributed by atoms with van der Waals surface area (Å²) in [6.07, 6.45) is -1.01. The minimum atomic E-state index is -1.27. The first kappa shape index (κ1) is 12.9. The Morgan fingerprint density at radius 3 is 2.61 bits per heavy atom. The van der Waals surface area contributed by atoms with E-state index in [-0.39, 0.29) is 6.42 Å². The van der Waals surface area contributed by atoms with Gasteiger partial charge >= 0.3 is 5.97 Å². The van der Waals surface area contributed by atoms with Crippen LogP contribution in [0.25, 0.3) is 10.8 Å². The first-order valence-corrected chi connectivity index (χ1v) is 6.68. The third-order valence-corrected chi connectivity index (χ3v) is 3.69. The molecule has 2 rings (SSSR count). The van der Waals surface area contributed by atoms with Gasteiger partial charge in [0.25, 0.3) is 0 Å². The Bertz CT molecular complexity index is 553. The predicted octanol–water partition coefficient (Wildman–Crippen LogP) is 2.77. The number of hydrogen-bond acceptors (Lipinski definition) is 3. The van der Waals surface area contributed by atoms with Crippen LogP contribution in [0.15, 0.2) is 47.4 Å². The fourth-order valence-electron chi connectivity index (χ4n) is 1.67. The number of thioether (sulfide) groups is 1. The molecular weight excluding hydrogens is 248 g/mol. The predicted molar refractivity (Wildman–Crippen MR) is 72.9 cm³/mol. The van der Waals surface area contributed by atoms with Gasteiger partial charge in [0.05, 0.1) is 0 Å². The molecule has 2 aromatic carbocycles. The van der Waals surface area contributed by atoms with Crippen molar-refractivity contribution in [1.29, 1.82) is 0 Å². The Morgan fingerprint density at radius 2 is 1.89 bits per heavy atom. The number of aliphatic carboxylic acids is 1. The van der Waals surface area contributed by atoms with Crippen LogP contribution in [0.1, 0.15) is 6.42 Å². The molecule has 4 heteroatoms. The maximum Gasteiger partial charge on any atom is 0.332 e. The van der Waals surface area contributed by atoms with Gasteiger partial charge < -0.3 is 10.2 Å². The number of carboxylic acid groups (broad SMARTS) is 1. The van der Waals surface area contributed by atoms with Crippen LogP contribution in [-0.2, 0) is 4.79 Å². The lowest BCUT2D eigenvalue weighted by molar-refractivity contribution is -0.146. The standard InChI is InChI=1S/C14H14O3S/c15-13(14(16)17)7-8-18-12-6-5-10-3-1-2-4-11(10)9-12/h1-6,9,13,15H,7-8H2,(H,16,17)/t13-/m1/s1. The van der Waals surface area contributed by atoms with Gasteiger partial charge in [0.2, 0.25) is 0 Å². The van der Waals surface area contributed by atoms with Crippen molar-refractivity contribution in [3.05, 3.63) is 42.5 Å². The third kappa shape index (κ3) is 3.24. The molecule has 0 aliphatic carbocycles. The van der Waals surface area contributed by atoms with Crippen molar-refractivity contribution >= 4 is 28.5 Å². The summed E-state index contributed by atoms with van der Waals surface area (Å²) < 4.78 is 0. The average Bonchev–Trinajstić information content (AvgIpc) is 2.38. The number of hydrogen-bond donors (Lipinski definition) is 2. The molecule has 0 saturated heterocycles. The fourth-order valence-corrected chi connectivity index (χ4v) is 2.62. The van der Waals surface area contributed by atoms with Gasteiger partial charge in [-0.25, -0.2) is 4.79 Å². The van der Waals surface area contributed by atoms with Crippen molar-refractivity contribution in [2.75, 3.05) is 5.75 Å². The zero-order chi connectivity index (χ0) is 13.0. The van der Waals surface area contributed by atoms with E-state index in [9.17, 15) is 4.79 Å². The van der Waals surface area contributed by atoms with Gasteiger partial charge in [0.1, 0.15) is 0 Å². The molecular formula is C14H14O3S. The maximum atomic E-state index is 10.5. The quantitative estimate of drug-likeness (QED) is 0.813. The summed E-state index contributed by atoms with van der Waals surface area (Å²) >= 11 is 1.56. The Hall–Kier alpha value is -1.52. The van der Waals surface area contributed by atoms with Crippen LogP contribution in [0.3, 0.4) is 0 Å². The van der Waals surface area contributed by atoms with E-state index in [1.165, 1.54) is 10.8 Å². The van der Waals surface area contributed by atoms with E-state index in [1.54, 1.807) is 11.8 Å². The number of benzene rings is 2. The highest BCUT2D eigenvalue weighted by atomic mass is 32.2. The summed E-state index contributed by atoms with van der Waals surface area (Å²) in [6, 6.07) is 14.2. The number of rotatable bonds is 5. The zero-order valence-electron chi connectivity index (χ0n) is 9.74. The maximum absolute atomic E-state index is 10.5. The van der Waals surface area contributed by atoms with Gasteiger partial charge in [-0.1, -0.05) is 30.3 Å². The normalized spacial score (nSPS) is 12.5. The molecule has 18 heavy (non-hydrogen) atoms. The van der Waals surface area contributed by atoms with E-state index >= 15 is 0 Å². The molecule has 0 amide bonds. The summed E-state index contributed by atoms with van der Waals surface area (Å²) in [5.74, 6) is -0.569. The number of carbonyl (C=O) groups is 1. The van der Waals surface area contributed by atoms with E-state index in [0.29, 0.717) is 5.75 Å². The molecule has 0 saturated carbocycles. The second-order valence-corrected chi connectivity index (χ2v) is 5.17. The zero-order valence-corrected chi connectivity index (χ0v) is 10.6. The molecule has 0 aliphatic rings. The van der Waals surface area contributed by atoms with Crippen molar-refractivity contribution < 1.29 is 15.0 Å². The summed E-state index contributed by atoms with van der Waals surface area (Å²) in [5, 5.41) is 20.1. The molecule has 2 N–H and O–H groups in total. The molecule has 0 aliphatic heterocycles. The van der Waals surface area contributed by atoms with Crippen molar-refractivity contribution in [2.45, 2.75) is 17.4 Å². The van der Waals surface area contributed by atoms with E-state index in [4.69, 9.17) is 10.2 Å². The minimum absolute atomic E-state index is 0.257. The number of aliphatic hydroxyl groups excluding tert-OH is 1. The van der Waals surface area contributed by atoms with Crippen molar-refractivity contribution in [3.63, 3.8) is 0 Å². The third-order valence-electron chi connectivity index (χ3n) is 2.67. The van der Waals surface area contributed by atoms with Gasteiger partial charge in [-0.2, -0.15) is 0 Å². The summed E-state index contributed by atoms with van der Waals surface area (Å²) in [5.41, 5.74) is 0. The Labute approximate surface area is 109 Å². The van der Waals surface area contributed by atoms with Gasteiger partial charge in [0.15, 0.2) is 6.10 Å². The van der Waals surface area contributed by atoms with Gasteiger partial charge in [-0.05, 0) is 29.3 Å². The minimum Gasteiger partial charge on any atom is -0.479 e. The second kappa shape index (κ2) is 5.89. The summed E-state index contributed by atoms with van der Waals surface area (Å²) in [4.78, 5) is 11.5. The molecule has 0 heterocycles. The molecule has 0 unspecified atom stereocenters. The molecule has 2 aromatic rings. The lowest BCUT2D eigenvalue weighted by Gasteiger charge is -2.06. The lowest BCUT2D eigenvalue weighted by Crippen LogP contribution is -2.19. The topological polar surface area (TPSA) is 57.5 Å². The summed E-state index contributed by atoms with van der Waals surface area (Å²) in [7, 11) is 0. The largest absolute Gasteiger partial charge is 0.479 e. The molecule has 0 fully saturated rings. The van der Waals surface area contributed by atoms with E-state index in [1.807, 2.05) is 30.3 Å². The van der Waals surface area contributed by atoms with Crippen LogP contribution in [0.5, 0.6) is 0 Å². The first-order chi connectivity index (χ1) is 8.66. The molecule has 0 bridgehead atoms. The molecule has 0 radical (unpaired) electrons. The van der Waals surface area contributed by atoms with E-state index in [0.717, 1.165) is 4.90 Å². The Morgan fingerprint density at radius 1 is 1.17 bits per heavy atom. The van der Waals surface area contributed by atoms with Crippen LogP contribution in [0.2, 0.25) is 0 Å².